The first-order valence-electron chi connectivity index (χ1n) is 7.29. The molecule has 1 N–H and O–H groups in total. The van der Waals surface area contributed by atoms with Crippen molar-refractivity contribution in [2.75, 3.05) is 0 Å². The van der Waals surface area contributed by atoms with E-state index >= 15 is 0 Å². The first-order valence-corrected chi connectivity index (χ1v) is 7.29. The average molecular weight is 305 g/mol. The Balaban J connectivity index is 2.85. The largest absolute Gasteiger partial charge is 0.494 e. The van der Waals surface area contributed by atoms with Gasteiger partial charge in [-0.3, -0.25) is 9.59 Å². The quantitative estimate of drug-likeness (QED) is 0.366. The van der Waals surface area contributed by atoms with Crippen LogP contribution in [-0.4, -0.2) is 30.5 Å². The molecule has 1 rings (SSSR count). The third kappa shape index (κ3) is 4.18. The molecule has 0 saturated carbocycles. The van der Waals surface area contributed by atoms with Crippen molar-refractivity contribution in [2.45, 2.75) is 52.7 Å². The lowest BCUT2D eigenvalue weighted by atomic mass is 9.77. The van der Waals surface area contributed by atoms with Gasteiger partial charge in [0.15, 0.2) is 0 Å². The summed E-state index contributed by atoms with van der Waals surface area (Å²) in [5.74, 6) is -0.685. The summed E-state index contributed by atoms with van der Waals surface area (Å²) in [6.07, 6.45) is 7.36. The predicted molar refractivity (Wildman–Crippen MR) is 86.9 cm³/mol. The van der Waals surface area contributed by atoms with E-state index in [1.54, 1.807) is 19.1 Å². The second-order valence-corrected chi connectivity index (χ2v) is 6.06. The highest BCUT2D eigenvalue weighted by Crippen LogP contribution is 2.38. The zero-order valence-electron chi connectivity index (χ0n) is 14.1. The van der Waals surface area contributed by atoms with Crippen LogP contribution in [-0.2, 0) is 18.9 Å². The minimum atomic E-state index is -0.685. The number of hydrogen-bond donors (Lipinski definition) is 1. The molecule has 6 heteroatoms. The molecule has 0 radical (unpaired) electrons. The monoisotopic (exact) mass is 305 g/mol. The van der Waals surface area contributed by atoms with E-state index < -0.39 is 24.2 Å². The summed E-state index contributed by atoms with van der Waals surface area (Å²) in [5, 5.41) is 2.48. The molecule has 0 aromatic heterocycles. The van der Waals surface area contributed by atoms with Crippen LogP contribution >= 0.6 is 0 Å². The van der Waals surface area contributed by atoms with Crippen LogP contribution < -0.4 is 5.32 Å². The number of aldehydes is 1. The van der Waals surface area contributed by atoms with Crippen LogP contribution in [0.4, 0.5) is 0 Å². The van der Waals surface area contributed by atoms with Crippen LogP contribution in [0, 0.1) is 0 Å². The molecule has 22 heavy (non-hydrogen) atoms. The van der Waals surface area contributed by atoms with Crippen molar-refractivity contribution in [2.24, 2.45) is 0 Å². The highest BCUT2D eigenvalue weighted by molar-refractivity contribution is 6.55. The fourth-order valence-corrected chi connectivity index (χ4v) is 1.86. The summed E-state index contributed by atoms with van der Waals surface area (Å²) in [7, 11) is -0.467. The van der Waals surface area contributed by atoms with Crippen LogP contribution in [0.15, 0.2) is 35.5 Å². The summed E-state index contributed by atoms with van der Waals surface area (Å²) in [5.41, 5.74) is 0.565. The molecule has 0 bridgehead atoms. The Kier molecular flexibility index (Phi) is 5.91. The van der Waals surface area contributed by atoms with E-state index in [0.29, 0.717) is 5.70 Å². The van der Waals surface area contributed by atoms with Gasteiger partial charge in [0.1, 0.15) is 0 Å². The molecular formula is C16H24BNO4. The van der Waals surface area contributed by atoms with Gasteiger partial charge in [-0.1, -0.05) is 18.2 Å². The number of nitrogens with one attached hydrogen (secondary N) is 1. The molecule has 1 amide bonds. The Morgan fingerprint density at radius 1 is 1.00 bits per heavy atom. The SMILES string of the molecule is C\C=C(/C=C\C(=C/C)NC(=O)C=O)B1OC(C)(C)C(C)(C)O1. The zero-order chi connectivity index (χ0) is 17.0. The topological polar surface area (TPSA) is 64.6 Å². The summed E-state index contributed by atoms with van der Waals surface area (Å²) >= 11 is 0. The fraction of sp³-hybridized carbons (Fsp3) is 0.500. The van der Waals surface area contributed by atoms with Crippen LogP contribution in [0.5, 0.6) is 0 Å². The smallest absolute Gasteiger partial charge is 0.399 e. The molecule has 0 spiro atoms. The van der Waals surface area contributed by atoms with E-state index in [-0.39, 0.29) is 6.29 Å². The summed E-state index contributed by atoms with van der Waals surface area (Å²) < 4.78 is 12.0. The molecule has 1 aliphatic heterocycles. The molecule has 1 fully saturated rings. The molecule has 1 aliphatic rings. The summed E-state index contributed by atoms with van der Waals surface area (Å²) in [6, 6.07) is 0. The van der Waals surface area contributed by atoms with Crippen molar-refractivity contribution < 1.29 is 18.9 Å². The maximum Gasteiger partial charge on any atom is 0.494 e. The zero-order valence-corrected chi connectivity index (χ0v) is 14.1. The van der Waals surface area contributed by atoms with Gasteiger partial charge in [-0.15, -0.1) is 0 Å². The number of carbonyl (C=O) groups excluding carboxylic acids is 2. The Morgan fingerprint density at radius 3 is 1.95 bits per heavy atom. The van der Waals surface area contributed by atoms with Crippen molar-refractivity contribution in [3.05, 3.63) is 35.5 Å². The van der Waals surface area contributed by atoms with Gasteiger partial charge in [0.25, 0.3) is 5.91 Å². The average Bonchev–Trinajstić information content (AvgIpc) is 2.66. The lowest BCUT2D eigenvalue weighted by Crippen LogP contribution is -2.41. The Morgan fingerprint density at radius 2 is 1.55 bits per heavy atom. The van der Waals surface area contributed by atoms with Gasteiger partial charge in [0.2, 0.25) is 6.29 Å². The first kappa shape index (κ1) is 18.4. The highest BCUT2D eigenvalue weighted by Gasteiger charge is 2.51. The van der Waals surface area contributed by atoms with Gasteiger partial charge >= 0.3 is 7.12 Å². The molecule has 0 unspecified atom stereocenters. The normalized spacial score (nSPS) is 21.3. The molecular weight excluding hydrogens is 281 g/mol. The summed E-state index contributed by atoms with van der Waals surface area (Å²) in [4.78, 5) is 21.5. The molecule has 0 aromatic rings. The highest BCUT2D eigenvalue weighted by atomic mass is 16.7. The van der Waals surface area contributed by atoms with Crippen LogP contribution in [0.1, 0.15) is 41.5 Å². The van der Waals surface area contributed by atoms with E-state index in [1.807, 2.05) is 46.8 Å². The summed E-state index contributed by atoms with van der Waals surface area (Å²) in [6.45, 7) is 11.6. The van der Waals surface area contributed by atoms with Crippen molar-refractivity contribution in [3.8, 4) is 0 Å². The standard InChI is InChI=1S/C16H24BNO4/c1-7-12(9-10-13(8-2)18-14(20)11-19)17-21-15(3,4)16(5,6)22-17/h7-11H,1-6H3,(H,18,20)/b10-9-,12-7+,13-8+. The second-order valence-electron chi connectivity index (χ2n) is 6.06. The van der Waals surface area contributed by atoms with Gasteiger partial charge in [-0.25, -0.2) is 0 Å². The van der Waals surface area contributed by atoms with Crippen LogP contribution in [0.3, 0.4) is 0 Å². The maximum absolute atomic E-state index is 11.1. The van der Waals surface area contributed by atoms with Gasteiger partial charge in [0.05, 0.1) is 11.2 Å². The van der Waals surface area contributed by atoms with Gasteiger partial charge in [0, 0.05) is 5.70 Å². The third-order valence-electron chi connectivity index (χ3n) is 4.00. The lowest BCUT2D eigenvalue weighted by molar-refractivity contribution is -0.130. The fourth-order valence-electron chi connectivity index (χ4n) is 1.86. The number of carbonyl (C=O) groups is 2. The van der Waals surface area contributed by atoms with Crippen LogP contribution in [0.2, 0.25) is 0 Å². The maximum atomic E-state index is 11.1. The van der Waals surface area contributed by atoms with Crippen LogP contribution in [0.25, 0.3) is 0 Å². The van der Waals surface area contributed by atoms with E-state index in [4.69, 9.17) is 9.31 Å². The van der Waals surface area contributed by atoms with Crippen molar-refractivity contribution in [3.63, 3.8) is 0 Å². The van der Waals surface area contributed by atoms with Crippen molar-refractivity contribution in [1.82, 2.24) is 5.32 Å². The Hall–Kier alpha value is -1.66. The molecule has 120 valence electrons. The van der Waals surface area contributed by atoms with Gasteiger partial charge in [-0.2, -0.15) is 0 Å². The van der Waals surface area contributed by atoms with Gasteiger partial charge in [-0.05, 0) is 53.1 Å². The lowest BCUT2D eigenvalue weighted by Gasteiger charge is -2.32. The van der Waals surface area contributed by atoms with Gasteiger partial charge < -0.3 is 14.6 Å². The molecule has 0 aromatic carbocycles. The molecule has 1 saturated heterocycles. The molecule has 5 nitrogen and oxygen atoms in total. The number of hydrogen-bond acceptors (Lipinski definition) is 4. The van der Waals surface area contributed by atoms with E-state index in [0.717, 1.165) is 5.47 Å². The number of amides is 1. The number of allylic oxidation sites excluding steroid dienone is 5. The molecule has 1 heterocycles. The van der Waals surface area contributed by atoms with E-state index in [2.05, 4.69) is 5.32 Å². The Bertz CT molecular complexity index is 516. The van der Waals surface area contributed by atoms with E-state index in [9.17, 15) is 9.59 Å². The Labute approximate surface area is 132 Å². The molecule has 0 aliphatic carbocycles. The minimum absolute atomic E-state index is 0.238. The van der Waals surface area contributed by atoms with E-state index in [1.165, 1.54) is 0 Å². The molecule has 0 atom stereocenters. The minimum Gasteiger partial charge on any atom is -0.399 e. The van der Waals surface area contributed by atoms with Crippen molar-refractivity contribution in [1.29, 1.82) is 0 Å². The predicted octanol–water partition coefficient (Wildman–Crippen LogP) is 2.34. The van der Waals surface area contributed by atoms with Crippen molar-refractivity contribution >= 4 is 19.3 Å². The second kappa shape index (κ2) is 7.07. The first-order chi connectivity index (χ1) is 10.2. The number of rotatable bonds is 5. The third-order valence-corrected chi connectivity index (χ3v) is 4.00.